The Morgan fingerprint density at radius 2 is 1.71 bits per heavy atom. The van der Waals surface area contributed by atoms with Gasteiger partial charge in [0, 0.05) is 45.3 Å². The van der Waals surface area contributed by atoms with Gasteiger partial charge in [0.05, 0.1) is 12.2 Å². The van der Waals surface area contributed by atoms with Gasteiger partial charge in [-0.3, -0.25) is 9.69 Å². The molecule has 2 saturated heterocycles. The van der Waals surface area contributed by atoms with Gasteiger partial charge in [-0.05, 0) is 26.7 Å². The molecule has 2 heterocycles. The maximum absolute atomic E-state index is 12.6. The Balaban J connectivity index is 1.92. The first-order chi connectivity index (χ1) is 9.79. The number of carbonyl (C=O) groups is 1. The molecule has 6 nitrogen and oxygen atoms in total. The SMILES string of the molecule is CC(C)N1CCN(C(=O)C2CCCN(S(C)(=O)=O)C2)CC1. The van der Waals surface area contributed by atoms with Gasteiger partial charge < -0.3 is 4.90 Å². The highest BCUT2D eigenvalue weighted by atomic mass is 32.2. The molecule has 122 valence electrons. The Morgan fingerprint density at radius 3 is 2.24 bits per heavy atom. The Morgan fingerprint density at radius 1 is 1.10 bits per heavy atom. The molecule has 21 heavy (non-hydrogen) atoms. The first kappa shape index (κ1) is 16.7. The van der Waals surface area contributed by atoms with Crippen LogP contribution in [0.2, 0.25) is 0 Å². The monoisotopic (exact) mass is 317 g/mol. The van der Waals surface area contributed by atoms with Gasteiger partial charge in [0.1, 0.15) is 0 Å². The van der Waals surface area contributed by atoms with Gasteiger partial charge >= 0.3 is 0 Å². The molecule has 1 atom stereocenters. The van der Waals surface area contributed by atoms with E-state index in [1.807, 2.05) is 4.90 Å². The molecule has 1 amide bonds. The van der Waals surface area contributed by atoms with E-state index in [2.05, 4.69) is 18.7 Å². The highest BCUT2D eigenvalue weighted by Gasteiger charge is 2.33. The fraction of sp³-hybridized carbons (Fsp3) is 0.929. The van der Waals surface area contributed by atoms with Crippen LogP contribution < -0.4 is 0 Å². The lowest BCUT2D eigenvalue weighted by molar-refractivity contribution is -0.138. The summed E-state index contributed by atoms with van der Waals surface area (Å²) >= 11 is 0. The average Bonchev–Trinajstić information content (AvgIpc) is 2.46. The second-order valence-corrected chi connectivity index (χ2v) is 8.40. The molecule has 1 unspecified atom stereocenters. The summed E-state index contributed by atoms with van der Waals surface area (Å²) in [6.45, 7) is 8.56. The van der Waals surface area contributed by atoms with Crippen LogP contribution in [0.1, 0.15) is 26.7 Å². The molecule has 0 spiro atoms. The van der Waals surface area contributed by atoms with E-state index in [1.165, 1.54) is 10.6 Å². The van der Waals surface area contributed by atoms with Crippen molar-refractivity contribution in [2.75, 3.05) is 45.5 Å². The summed E-state index contributed by atoms with van der Waals surface area (Å²) in [5.74, 6) is -0.0363. The second kappa shape index (κ2) is 6.62. The van der Waals surface area contributed by atoms with E-state index in [4.69, 9.17) is 0 Å². The summed E-state index contributed by atoms with van der Waals surface area (Å²) < 4.78 is 24.7. The highest BCUT2D eigenvalue weighted by Crippen LogP contribution is 2.21. The molecule has 2 rings (SSSR count). The van der Waals surface area contributed by atoms with E-state index < -0.39 is 10.0 Å². The number of amides is 1. The zero-order valence-corrected chi connectivity index (χ0v) is 14.1. The van der Waals surface area contributed by atoms with Gasteiger partial charge in [-0.25, -0.2) is 12.7 Å². The van der Waals surface area contributed by atoms with Gasteiger partial charge in [-0.1, -0.05) is 0 Å². The highest BCUT2D eigenvalue weighted by molar-refractivity contribution is 7.88. The third-order valence-electron chi connectivity index (χ3n) is 4.56. The lowest BCUT2D eigenvalue weighted by Gasteiger charge is -2.39. The molecule has 0 saturated carbocycles. The largest absolute Gasteiger partial charge is 0.340 e. The normalized spacial score (nSPS) is 26.3. The smallest absolute Gasteiger partial charge is 0.227 e. The number of piperazine rings is 1. The average molecular weight is 317 g/mol. The van der Waals surface area contributed by atoms with Crippen molar-refractivity contribution in [3.63, 3.8) is 0 Å². The third kappa shape index (κ3) is 4.17. The van der Waals surface area contributed by atoms with E-state index in [-0.39, 0.29) is 11.8 Å². The van der Waals surface area contributed by atoms with Crippen LogP contribution in [0.4, 0.5) is 0 Å². The lowest BCUT2D eigenvalue weighted by atomic mass is 9.97. The number of nitrogens with zero attached hydrogens (tertiary/aromatic N) is 3. The maximum atomic E-state index is 12.6. The van der Waals surface area contributed by atoms with Crippen molar-refractivity contribution in [3.8, 4) is 0 Å². The molecule has 2 fully saturated rings. The summed E-state index contributed by atoms with van der Waals surface area (Å²) in [4.78, 5) is 16.9. The summed E-state index contributed by atoms with van der Waals surface area (Å²) in [5.41, 5.74) is 0. The van der Waals surface area contributed by atoms with Crippen molar-refractivity contribution in [2.45, 2.75) is 32.7 Å². The van der Waals surface area contributed by atoms with Crippen molar-refractivity contribution in [1.29, 1.82) is 0 Å². The maximum Gasteiger partial charge on any atom is 0.227 e. The van der Waals surface area contributed by atoms with Crippen molar-refractivity contribution < 1.29 is 13.2 Å². The quantitative estimate of drug-likeness (QED) is 0.747. The van der Waals surface area contributed by atoms with Crippen LogP contribution >= 0.6 is 0 Å². The Bertz CT molecular complexity index is 470. The molecule has 2 aliphatic rings. The fourth-order valence-electron chi connectivity index (χ4n) is 3.16. The van der Waals surface area contributed by atoms with Crippen LogP contribution in [0.25, 0.3) is 0 Å². The van der Waals surface area contributed by atoms with Crippen LogP contribution in [-0.4, -0.2) is 80.0 Å². The van der Waals surface area contributed by atoms with Crippen molar-refractivity contribution in [3.05, 3.63) is 0 Å². The standard InChI is InChI=1S/C14H27N3O3S/c1-12(2)15-7-9-16(10-8-15)14(18)13-5-4-6-17(11-13)21(3,19)20/h12-13H,4-11H2,1-3H3. The molecule has 0 N–H and O–H groups in total. The van der Waals surface area contributed by atoms with E-state index in [1.54, 1.807) is 0 Å². The molecular weight excluding hydrogens is 290 g/mol. The number of piperidine rings is 1. The lowest BCUT2D eigenvalue weighted by Crippen LogP contribution is -2.54. The molecule has 0 aromatic carbocycles. The van der Waals surface area contributed by atoms with E-state index in [9.17, 15) is 13.2 Å². The molecule has 0 aliphatic carbocycles. The predicted molar refractivity (Wildman–Crippen MR) is 82.4 cm³/mol. The molecule has 0 aromatic heterocycles. The van der Waals surface area contributed by atoms with Gasteiger partial charge in [0.25, 0.3) is 0 Å². The summed E-state index contributed by atoms with van der Waals surface area (Å²) in [7, 11) is -3.19. The Hall–Kier alpha value is -0.660. The van der Waals surface area contributed by atoms with Gasteiger partial charge in [0.15, 0.2) is 0 Å². The van der Waals surface area contributed by atoms with Crippen LogP contribution in [0.5, 0.6) is 0 Å². The zero-order valence-electron chi connectivity index (χ0n) is 13.3. The number of sulfonamides is 1. The van der Waals surface area contributed by atoms with Gasteiger partial charge in [-0.15, -0.1) is 0 Å². The summed E-state index contributed by atoms with van der Waals surface area (Å²) in [6, 6.07) is 0.512. The summed E-state index contributed by atoms with van der Waals surface area (Å²) in [6.07, 6.45) is 2.80. The molecular formula is C14H27N3O3S. The predicted octanol–water partition coefficient (Wildman–Crippen LogP) is 0.211. The first-order valence-electron chi connectivity index (χ1n) is 7.77. The second-order valence-electron chi connectivity index (χ2n) is 6.42. The van der Waals surface area contributed by atoms with Crippen LogP contribution in [0, 0.1) is 5.92 Å². The number of carbonyl (C=O) groups excluding carboxylic acids is 1. The van der Waals surface area contributed by atoms with E-state index >= 15 is 0 Å². The zero-order chi connectivity index (χ0) is 15.6. The third-order valence-corrected chi connectivity index (χ3v) is 5.83. The van der Waals surface area contributed by atoms with Crippen molar-refractivity contribution in [2.24, 2.45) is 5.92 Å². The number of hydrogen-bond acceptors (Lipinski definition) is 4. The molecule has 7 heteroatoms. The number of hydrogen-bond donors (Lipinski definition) is 0. The van der Waals surface area contributed by atoms with E-state index in [0.717, 1.165) is 39.0 Å². The molecule has 0 radical (unpaired) electrons. The minimum absolute atomic E-state index is 0.131. The van der Waals surface area contributed by atoms with Crippen LogP contribution in [0.3, 0.4) is 0 Å². The molecule has 0 aromatic rings. The van der Waals surface area contributed by atoms with Crippen molar-refractivity contribution >= 4 is 15.9 Å². The molecule has 0 bridgehead atoms. The minimum Gasteiger partial charge on any atom is -0.340 e. The number of rotatable bonds is 3. The van der Waals surface area contributed by atoms with Crippen LogP contribution in [0.15, 0.2) is 0 Å². The Kier molecular flexibility index (Phi) is 5.27. The van der Waals surface area contributed by atoms with Crippen LogP contribution in [-0.2, 0) is 14.8 Å². The topological polar surface area (TPSA) is 60.9 Å². The van der Waals surface area contributed by atoms with E-state index in [0.29, 0.717) is 19.1 Å². The fourth-order valence-corrected chi connectivity index (χ4v) is 4.07. The molecule has 2 aliphatic heterocycles. The first-order valence-corrected chi connectivity index (χ1v) is 9.62. The minimum atomic E-state index is -3.19. The van der Waals surface area contributed by atoms with Gasteiger partial charge in [0.2, 0.25) is 15.9 Å². The van der Waals surface area contributed by atoms with Gasteiger partial charge in [-0.2, -0.15) is 0 Å². The van der Waals surface area contributed by atoms with Crippen molar-refractivity contribution in [1.82, 2.24) is 14.1 Å². The summed E-state index contributed by atoms with van der Waals surface area (Å²) in [5, 5.41) is 0. The Labute approximate surface area is 128 Å².